The first-order valence-electron chi connectivity index (χ1n) is 7.00. The minimum atomic E-state index is -0.262. The molecule has 6 nitrogen and oxygen atoms in total. The zero-order chi connectivity index (χ0) is 13.3. The number of aryl methyl sites for hydroxylation is 1. The fraction of sp³-hybridized carbons (Fsp3) is 0.846. The first kappa shape index (κ1) is 13.0. The van der Waals surface area contributed by atoms with E-state index < -0.39 is 0 Å². The summed E-state index contributed by atoms with van der Waals surface area (Å²) in [5, 5.41) is 8.07. The summed E-state index contributed by atoms with van der Waals surface area (Å²) in [5.74, 6) is 0.749. The van der Waals surface area contributed by atoms with Gasteiger partial charge in [0.1, 0.15) is 12.2 Å². The third-order valence-electron chi connectivity index (χ3n) is 4.35. The van der Waals surface area contributed by atoms with Gasteiger partial charge < -0.3 is 14.0 Å². The molecule has 0 N–H and O–H groups in total. The second-order valence-electron chi connectivity index (χ2n) is 5.61. The van der Waals surface area contributed by atoms with Gasteiger partial charge in [-0.2, -0.15) is 0 Å². The Kier molecular flexibility index (Phi) is 3.56. The summed E-state index contributed by atoms with van der Waals surface area (Å²) in [6.45, 7) is 2.34. The minimum absolute atomic E-state index is 0.262. The third-order valence-corrected chi connectivity index (χ3v) is 4.35. The lowest BCUT2D eigenvalue weighted by molar-refractivity contribution is -0.183. The maximum atomic E-state index is 5.77. The molecule has 0 bridgehead atoms. The van der Waals surface area contributed by atoms with E-state index in [9.17, 15) is 0 Å². The van der Waals surface area contributed by atoms with Crippen molar-refractivity contribution >= 4 is 0 Å². The molecule has 1 aliphatic heterocycles. The van der Waals surface area contributed by atoms with Gasteiger partial charge in [0.15, 0.2) is 5.79 Å². The van der Waals surface area contributed by atoms with Crippen LogP contribution in [0.3, 0.4) is 0 Å². The zero-order valence-corrected chi connectivity index (χ0v) is 11.7. The van der Waals surface area contributed by atoms with E-state index in [2.05, 4.69) is 22.1 Å². The summed E-state index contributed by atoms with van der Waals surface area (Å²) in [7, 11) is 4.15. The average Bonchev–Trinajstić information content (AvgIpc) is 3.01. The topological polar surface area (TPSA) is 52.4 Å². The fourth-order valence-electron chi connectivity index (χ4n) is 3.07. The molecule has 2 fully saturated rings. The Morgan fingerprint density at radius 2 is 2.05 bits per heavy atom. The molecule has 0 aromatic carbocycles. The van der Waals surface area contributed by atoms with Crippen LogP contribution in [0.1, 0.15) is 31.5 Å². The van der Waals surface area contributed by atoms with E-state index in [1.807, 2.05) is 11.6 Å². The number of hydrogen-bond donors (Lipinski definition) is 0. The normalized spacial score (nSPS) is 23.5. The Labute approximate surface area is 113 Å². The van der Waals surface area contributed by atoms with E-state index in [-0.39, 0.29) is 5.79 Å². The van der Waals surface area contributed by atoms with Gasteiger partial charge in [-0.1, -0.05) is 0 Å². The second kappa shape index (κ2) is 5.19. The van der Waals surface area contributed by atoms with Gasteiger partial charge in [-0.05, 0) is 19.9 Å². The van der Waals surface area contributed by atoms with Crippen LogP contribution in [-0.4, -0.2) is 51.8 Å². The molecule has 106 valence electrons. The van der Waals surface area contributed by atoms with Crippen molar-refractivity contribution in [3.05, 3.63) is 12.2 Å². The Balaban J connectivity index is 1.54. The van der Waals surface area contributed by atoms with Gasteiger partial charge in [-0.15, -0.1) is 10.2 Å². The van der Waals surface area contributed by atoms with E-state index >= 15 is 0 Å². The standard InChI is InChI=1S/C13H22N4O2/c1-16(9-12-15-14-10-17(12)2)11-3-5-13(6-4-11)18-7-8-19-13/h10-11H,3-9H2,1-2H3. The molecule has 1 spiro atoms. The molecule has 6 heteroatoms. The van der Waals surface area contributed by atoms with Crippen LogP contribution in [0, 0.1) is 0 Å². The lowest BCUT2D eigenvalue weighted by atomic mass is 9.89. The quantitative estimate of drug-likeness (QED) is 0.814. The SMILES string of the molecule is CN(Cc1nncn1C)C1CCC2(CC1)OCCO2. The summed E-state index contributed by atoms with van der Waals surface area (Å²) < 4.78 is 13.5. The van der Waals surface area contributed by atoms with Gasteiger partial charge in [0, 0.05) is 25.9 Å². The van der Waals surface area contributed by atoms with Crippen molar-refractivity contribution in [2.24, 2.45) is 7.05 Å². The number of nitrogens with zero attached hydrogens (tertiary/aromatic N) is 4. The number of rotatable bonds is 3. The van der Waals surface area contributed by atoms with Crippen LogP contribution in [0.15, 0.2) is 6.33 Å². The van der Waals surface area contributed by atoms with E-state index in [0.717, 1.165) is 51.3 Å². The Bertz CT molecular complexity index is 418. The second-order valence-corrected chi connectivity index (χ2v) is 5.61. The van der Waals surface area contributed by atoms with E-state index in [1.54, 1.807) is 6.33 Å². The molecule has 3 rings (SSSR count). The van der Waals surface area contributed by atoms with Crippen molar-refractivity contribution in [3.8, 4) is 0 Å². The molecule has 0 unspecified atom stereocenters. The van der Waals surface area contributed by atoms with Crippen LogP contribution in [-0.2, 0) is 23.1 Å². The molecule has 2 aliphatic rings. The predicted molar refractivity (Wildman–Crippen MR) is 69.4 cm³/mol. The van der Waals surface area contributed by atoms with Crippen molar-refractivity contribution < 1.29 is 9.47 Å². The minimum Gasteiger partial charge on any atom is -0.348 e. The Morgan fingerprint density at radius 1 is 1.37 bits per heavy atom. The van der Waals surface area contributed by atoms with E-state index in [1.165, 1.54) is 0 Å². The summed E-state index contributed by atoms with van der Waals surface area (Å²) in [4.78, 5) is 2.37. The Morgan fingerprint density at radius 3 is 2.63 bits per heavy atom. The van der Waals surface area contributed by atoms with E-state index in [0.29, 0.717) is 6.04 Å². The lowest BCUT2D eigenvalue weighted by Crippen LogP contribution is -2.42. The van der Waals surface area contributed by atoms with Gasteiger partial charge >= 0.3 is 0 Å². The van der Waals surface area contributed by atoms with Crippen molar-refractivity contribution in [2.45, 2.75) is 44.1 Å². The summed E-state index contributed by atoms with van der Waals surface area (Å²) in [6.07, 6.45) is 5.99. The largest absolute Gasteiger partial charge is 0.348 e. The van der Waals surface area contributed by atoms with Gasteiger partial charge in [-0.25, -0.2) is 0 Å². The summed E-state index contributed by atoms with van der Waals surface area (Å²) in [5.41, 5.74) is 0. The van der Waals surface area contributed by atoms with Crippen molar-refractivity contribution in [3.63, 3.8) is 0 Å². The zero-order valence-electron chi connectivity index (χ0n) is 11.7. The first-order valence-corrected chi connectivity index (χ1v) is 7.00. The van der Waals surface area contributed by atoms with Crippen LogP contribution in [0.4, 0.5) is 0 Å². The molecule has 2 heterocycles. The van der Waals surface area contributed by atoms with Gasteiger partial charge in [0.05, 0.1) is 19.8 Å². The van der Waals surface area contributed by atoms with Crippen molar-refractivity contribution in [1.82, 2.24) is 19.7 Å². The summed E-state index contributed by atoms with van der Waals surface area (Å²) in [6, 6.07) is 0.579. The molecule has 0 atom stereocenters. The average molecular weight is 266 g/mol. The predicted octanol–water partition coefficient (Wildman–Crippen LogP) is 0.933. The molecule has 1 aromatic rings. The van der Waals surface area contributed by atoms with Gasteiger partial charge in [0.2, 0.25) is 0 Å². The van der Waals surface area contributed by atoms with E-state index in [4.69, 9.17) is 9.47 Å². The fourth-order valence-corrected chi connectivity index (χ4v) is 3.07. The van der Waals surface area contributed by atoms with Crippen LogP contribution in [0.5, 0.6) is 0 Å². The molecule has 1 saturated carbocycles. The van der Waals surface area contributed by atoms with Crippen molar-refractivity contribution in [1.29, 1.82) is 0 Å². The smallest absolute Gasteiger partial charge is 0.168 e. The first-order chi connectivity index (χ1) is 9.19. The molecule has 19 heavy (non-hydrogen) atoms. The highest BCUT2D eigenvalue weighted by Gasteiger charge is 2.41. The highest BCUT2D eigenvalue weighted by atomic mass is 16.7. The molecule has 1 aromatic heterocycles. The summed E-state index contributed by atoms with van der Waals surface area (Å²) >= 11 is 0. The maximum Gasteiger partial charge on any atom is 0.168 e. The number of ether oxygens (including phenoxy) is 2. The van der Waals surface area contributed by atoms with Crippen molar-refractivity contribution in [2.75, 3.05) is 20.3 Å². The highest BCUT2D eigenvalue weighted by Crippen LogP contribution is 2.37. The Hall–Kier alpha value is -0.980. The van der Waals surface area contributed by atoms with Gasteiger partial charge in [0.25, 0.3) is 0 Å². The van der Waals surface area contributed by atoms with Gasteiger partial charge in [-0.3, -0.25) is 4.90 Å². The molecule has 0 amide bonds. The number of aromatic nitrogens is 3. The molecular formula is C13H22N4O2. The maximum absolute atomic E-state index is 5.77. The van der Waals surface area contributed by atoms with Crippen LogP contribution in [0.25, 0.3) is 0 Å². The van der Waals surface area contributed by atoms with Crippen LogP contribution in [0.2, 0.25) is 0 Å². The third kappa shape index (κ3) is 2.66. The van der Waals surface area contributed by atoms with Crippen LogP contribution < -0.4 is 0 Å². The lowest BCUT2D eigenvalue weighted by Gasteiger charge is -2.38. The highest BCUT2D eigenvalue weighted by molar-refractivity contribution is 4.89. The van der Waals surface area contributed by atoms with Crippen LogP contribution >= 0.6 is 0 Å². The molecule has 0 radical (unpaired) electrons. The molecule has 1 aliphatic carbocycles. The molecule has 1 saturated heterocycles. The monoisotopic (exact) mass is 266 g/mol. The number of hydrogen-bond acceptors (Lipinski definition) is 5. The molecular weight excluding hydrogens is 244 g/mol.